The number of carboxylic acid groups (broad SMARTS) is 1. The maximum absolute atomic E-state index is 11.8. The summed E-state index contributed by atoms with van der Waals surface area (Å²) in [5.74, 6) is -0.458. The van der Waals surface area contributed by atoms with Gasteiger partial charge in [-0.25, -0.2) is 4.79 Å². The summed E-state index contributed by atoms with van der Waals surface area (Å²) in [4.78, 5) is 14.3. The Balaban J connectivity index is 1.58. The van der Waals surface area contributed by atoms with Gasteiger partial charge in [0, 0.05) is 54.6 Å². The van der Waals surface area contributed by atoms with E-state index in [1.54, 1.807) is 0 Å². The van der Waals surface area contributed by atoms with Gasteiger partial charge in [-0.15, -0.1) is 0 Å². The van der Waals surface area contributed by atoms with Crippen LogP contribution in [0.25, 0.3) is 0 Å². The van der Waals surface area contributed by atoms with Crippen LogP contribution in [-0.2, 0) is 38.8 Å². The second-order valence-corrected chi connectivity index (χ2v) is 8.25. The number of hydrogen-bond donors (Lipinski definition) is 2. The van der Waals surface area contributed by atoms with Crippen LogP contribution in [0.2, 0.25) is 0 Å². The minimum Gasteiger partial charge on any atom is -0.476 e. The molecule has 2 aromatic rings. The van der Waals surface area contributed by atoms with Gasteiger partial charge in [0.1, 0.15) is 0 Å². The van der Waals surface area contributed by atoms with Gasteiger partial charge >= 0.3 is 5.97 Å². The van der Waals surface area contributed by atoms with E-state index in [4.69, 9.17) is 0 Å². The molecule has 0 bridgehead atoms. The highest BCUT2D eigenvalue weighted by Gasteiger charge is 2.33. The zero-order chi connectivity index (χ0) is 19.1. The molecule has 7 heteroatoms. The molecular weight excluding hydrogens is 342 g/mol. The van der Waals surface area contributed by atoms with E-state index in [0.29, 0.717) is 12.0 Å². The van der Waals surface area contributed by atoms with Crippen molar-refractivity contribution in [3.05, 3.63) is 33.9 Å². The third kappa shape index (κ3) is 3.29. The van der Waals surface area contributed by atoms with Crippen LogP contribution in [0.15, 0.2) is 0 Å². The molecule has 4 rings (SSSR count). The lowest BCUT2D eigenvalue weighted by molar-refractivity contribution is 0.0687. The van der Waals surface area contributed by atoms with Crippen LogP contribution in [0.1, 0.15) is 65.9 Å². The van der Waals surface area contributed by atoms with Crippen molar-refractivity contribution in [2.75, 3.05) is 6.54 Å². The lowest BCUT2D eigenvalue weighted by atomic mass is 9.88. The highest BCUT2D eigenvalue weighted by Crippen LogP contribution is 2.31. The van der Waals surface area contributed by atoms with Crippen LogP contribution in [0, 0.1) is 5.92 Å². The Labute approximate surface area is 159 Å². The number of aromatic carboxylic acids is 1. The van der Waals surface area contributed by atoms with Crippen molar-refractivity contribution in [2.45, 2.75) is 72.0 Å². The number of fused-ring (bicyclic) bond motifs is 2. The van der Waals surface area contributed by atoms with Crippen LogP contribution in [0.3, 0.4) is 0 Å². The minimum absolute atomic E-state index is 0.255. The smallest absolute Gasteiger partial charge is 0.356 e. The topological polar surface area (TPSA) is 87.0 Å². The second-order valence-electron chi connectivity index (χ2n) is 8.25. The second kappa shape index (κ2) is 7.11. The number of aromatic amines is 1. The maximum Gasteiger partial charge on any atom is 0.356 e. The zero-order valence-corrected chi connectivity index (χ0v) is 16.5. The van der Waals surface area contributed by atoms with E-state index in [0.717, 1.165) is 63.0 Å². The van der Waals surface area contributed by atoms with Crippen molar-refractivity contribution < 1.29 is 9.90 Å². The first-order chi connectivity index (χ1) is 13.0. The number of nitrogens with zero attached hydrogens (tertiary/aromatic N) is 4. The quantitative estimate of drug-likeness (QED) is 0.843. The standard InChI is InChI=1S/C20H29N5O2/c1-4-16-15-11-24(8-7-17(15)22-21-16)13-5-6-18-14(9-13)19(20(26)27)23-25(18)10-12(2)3/h12-13H,4-11H2,1-3H3,(H,21,22)(H,26,27). The maximum atomic E-state index is 11.8. The Morgan fingerprint density at radius 1 is 1.33 bits per heavy atom. The Morgan fingerprint density at radius 3 is 2.85 bits per heavy atom. The van der Waals surface area contributed by atoms with Crippen molar-refractivity contribution in [2.24, 2.45) is 5.92 Å². The van der Waals surface area contributed by atoms with Gasteiger partial charge in [-0.2, -0.15) is 10.2 Å². The number of aryl methyl sites for hydroxylation is 1. The van der Waals surface area contributed by atoms with Crippen LogP contribution in [0.5, 0.6) is 0 Å². The first-order valence-electron chi connectivity index (χ1n) is 10.1. The predicted octanol–water partition coefficient (Wildman–Crippen LogP) is 2.44. The van der Waals surface area contributed by atoms with Gasteiger partial charge in [0.25, 0.3) is 0 Å². The van der Waals surface area contributed by atoms with E-state index in [1.807, 2.05) is 4.68 Å². The first-order valence-corrected chi connectivity index (χ1v) is 10.1. The average Bonchev–Trinajstić information content (AvgIpc) is 3.21. The predicted molar refractivity (Wildman–Crippen MR) is 102 cm³/mol. The largest absolute Gasteiger partial charge is 0.476 e. The zero-order valence-electron chi connectivity index (χ0n) is 16.5. The van der Waals surface area contributed by atoms with E-state index >= 15 is 0 Å². The molecule has 1 aliphatic heterocycles. The number of hydrogen-bond acceptors (Lipinski definition) is 4. The summed E-state index contributed by atoms with van der Waals surface area (Å²) in [5.41, 5.74) is 6.13. The normalized spacial score (nSPS) is 19.9. The van der Waals surface area contributed by atoms with Crippen LogP contribution in [0.4, 0.5) is 0 Å². The van der Waals surface area contributed by atoms with Crippen LogP contribution >= 0.6 is 0 Å². The molecule has 2 aliphatic rings. The van der Waals surface area contributed by atoms with Gasteiger partial charge in [-0.05, 0) is 31.6 Å². The molecule has 2 N–H and O–H groups in total. The molecule has 27 heavy (non-hydrogen) atoms. The average molecular weight is 371 g/mol. The fourth-order valence-electron chi connectivity index (χ4n) is 4.63. The lowest BCUT2D eigenvalue weighted by Gasteiger charge is -2.37. The molecular formula is C20H29N5O2. The van der Waals surface area contributed by atoms with Crippen molar-refractivity contribution >= 4 is 5.97 Å². The third-order valence-corrected chi connectivity index (χ3v) is 5.96. The molecule has 146 valence electrons. The van der Waals surface area contributed by atoms with Gasteiger partial charge in [0.05, 0.1) is 5.69 Å². The molecule has 1 atom stereocenters. The lowest BCUT2D eigenvalue weighted by Crippen LogP contribution is -2.42. The van der Waals surface area contributed by atoms with Gasteiger partial charge in [0.2, 0.25) is 0 Å². The highest BCUT2D eigenvalue weighted by molar-refractivity contribution is 5.87. The molecule has 1 aliphatic carbocycles. The number of H-pyrrole nitrogens is 1. The highest BCUT2D eigenvalue weighted by atomic mass is 16.4. The summed E-state index contributed by atoms with van der Waals surface area (Å²) in [5, 5.41) is 21.8. The molecule has 7 nitrogen and oxygen atoms in total. The van der Waals surface area contributed by atoms with Crippen LogP contribution in [-0.4, -0.2) is 48.5 Å². The van der Waals surface area contributed by atoms with Gasteiger partial charge in [-0.3, -0.25) is 14.7 Å². The van der Waals surface area contributed by atoms with E-state index < -0.39 is 5.97 Å². The van der Waals surface area contributed by atoms with E-state index in [2.05, 4.69) is 41.0 Å². The summed E-state index contributed by atoms with van der Waals surface area (Å²) in [6, 6.07) is 0.375. The molecule has 0 radical (unpaired) electrons. The van der Waals surface area contributed by atoms with Crippen molar-refractivity contribution in [1.29, 1.82) is 0 Å². The number of carboxylic acids is 1. The fourth-order valence-corrected chi connectivity index (χ4v) is 4.63. The Morgan fingerprint density at radius 2 is 2.15 bits per heavy atom. The number of aromatic nitrogens is 4. The molecule has 3 heterocycles. The molecule has 1 unspecified atom stereocenters. The Kier molecular flexibility index (Phi) is 4.80. The number of nitrogens with one attached hydrogen (secondary N) is 1. The number of carbonyl (C=O) groups is 1. The fraction of sp³-hybridized carbons (Fsp3) is 0.650. The number of rotatable bonds is 5. The molecule has 2 aromatic heterocycles. The Hall–Kier alpha value is -2.15. The van der Waals surface area contributed by atoms with Gasteiger partial charge in [-0.1, -0.05) is 20.8 Å². The van der Waals surface area contributed by atoms with Crippen LogP contribution < -0.4 is 0 Å². The summed E-state index contributed by atoms with van der Waals surface area (Å²) in [6.07, 6.45) is 4.68. The van der Waals surface area contributed by atoms with Crippen molar-refractivity contribution in [3.8, 4) is 0 Å². The Bertz CT molecular complexity index is 837. The summed E-state index contributed by atoms with van der Waals surface area (Å²) in [6.45, 7) is 9.12. The third-order valence-electron chi connectivity index (χ3n) is 5.96. The monoisotopic (exact) mass is 371 g/mol. The van der Waals surface area contributed by atoms with E-state index in [9.17, 15) is 9.90 Å². The van der Waals surface area contributed by atoms with E-state index in [1.165, 1.54) is 17.0 Å². The SMILES string of the molecule is CCc1n[nH]c2c1CN(C1CCc3c(c(C(=O)O)nn3CC(C)C)C1)CC2. The molecule has 0 fully saturated rings. The molecule has 0 aromatic carbocycles. The van der Waals surface area contributed by atoms with Gasteiger partial charge < -0.3 is 5.11 Å². The van der Waals surface area contributed by atoms with Crippen molar-refractivity contribution in [3.63, 3.8) is 0 Å². The molecule has 0 saturated carbocycles. The van der Waals surface area contributed by atoms with Gasteiger partial charge in [0.15, 0.2) is 5.69 Å². The van der Waals surface area contributed by atoms with Crippen molar-refractivity contribution in [1.82, 2.24) is 24.9 Å². The first kappa shape index (κ1) is 18.2. The molecule has 0 spiro atoms. The molecule has 0 saturated heterocycles. The van der Waals surface area contributed by atoms with E-state index in [-0.39, 0.29) is 5.69 Å². The molecule has 0 amide bonds. The summed E-state index contributed by atoms with van der Waals surface area (Å²) < 4.78 is 1.94. The summed E-state index contributed by atoms with van der Waals surface area (Å²) in [7, 11) is 0. The minimum atomic E-state index is -0.904. The summed E-state index contributed by atoms with van der Waals surface area (Å²) >= 11 is 0.